The van der Waals surface area contributed by atoms with Crippen LogP contribution in [0.2, 0.25) is 0 Å². The van der Waals surface area contributed by atoms with Crippen molar-refractivity contribution >= 4 is 27.5 Å². The van der Waals surface area contributed by atoms with Crippen molar-refractivity contribution in [2.24, 2.45) is 0 Å². The number of nitrogens with one attached hydrogen (secondary N) is 1. The average Bonchev–Trinajstić information content (AvgIpc) is 2.85. The molecular formula is C31H39N3O4S. The third kappa shape index (κ3) is 7.93. The van der Waals surface area contributed by atoms with Crippen LogP contribution in [0.4, 0.5) is 5.69 Å². The van der Waals surface area contributed by atoms with Gasteiger partial charge in [-0.2, -0.15) is 0 Å². The van der Waals surface area contributed by atoms with Gasteiger partial charge in [0, 0.05) is 12.1 Å². The van der Waals surface area contributed by atoms with Crippen LogP contribution in [0.1, 0.15) is 49.9 Å². The molecule has 3 rings (SSSR count). The second-order valence-electron chi connectivity index (χ2n) is 11.1. The Hall–Kier alpha value is -3.65. The summed E-state index contributed by atoms with van der Waals surface area (Å²) in [5, 5.41) is 2.94. The molecule has 0 spiro atoms. The molecule has 0 heterocycles. The topological polar surface area (TPSA) is 86.8 Å². The van der Waals surface area contributed by atoms with Crippen molar-refractivity contribution in [3.05, 3.63) is 95.1 Å². The van der Waals surface area contributed by atoms with Crippen molar-refractivity contribution in [3.8, 4) is 0 Å². The Balaban J connectivity index is 2.03. The number of sulfonamides is 1. The number of nitrogens with zero attached hydrogens (tertiary/aromatic N) is 2. The lowest BCUT2D eigenvalue weighted by Crippen LogP contribution is -2.54. The van der Waals surface area contributed by atoms with E-state index in [1.165, 1.54) is 4.90 Å². The third-order valence-corrected chi connectivity index (χ3v) is 8.10. The molecule has 1 N–H and O–H groups in total. The van der Waals surface area contributed by atoms with E-state index in [4.69, 9.17) is 0 Å². The maximum Gasteiger partial charge on any atom is 0.264 e. The number of hydrogen-bond acceptors (Lipinski definition) is 4. The Kier molecular flexibility index (Phi) is 9.22. The zero-order valence-corrected chi connectivity index (χ0v) is 24.7. The molecule has 208 valence electrons. The van der Waals surface area contributed by atoms with E-state index < -0.39 is 34.1 Å². The first kappa shape index (κ1) is 29.9. The van der Waals surface area contributed by atoms with Crippen molar-refractivity contribution < 1.29 is 18.0 Å². The predicted octanol–water partition coefficient (Wildman–Crippen LogP) is 5.14. The zero-order valence-electron chi connectivity index (χ0n) is 23.9. The normalized spacial score (nSPS) is 12.5. The highest BCUT2D eigenvalue weighted by Gasteiger charge is 2.33. The van der Waals surface area contributed by atoms with Gasteiger partial charge in [0.2, 0.25) is 11.8 Å². The number of anilines is 1. The monoisotopic (exact) mass is 549 g/mol. The van der Waals surface area contributed by atoms with Gasteiger partial charge in [-0.25, -0.2) is 8.42 Å². The molecule has 3 aromatic rings. The SMILES string of the molecule is Cc1ccc(N(CC(=O)N(Cc2cccc(C)c2)[C@@H](C)C(=O)NC(C)(C)C)S(=O)(=O)c2ccc(C)cc2)cc1. The Labute approximate surface area is 232 Å². The fourth-order valence-electron chi connectivity index (χ4n) is 4.14. The number of hydrogen-bond donors (Lipinski definition) is 1. The van der Waals surface area contributed by atoms with Crippen LogP contribution in [0.3, 0.4) is 0 Å². The molecule has 0 bridgehead atoms. The van der Waals surface area contributed by atoms with Gasteiger partial charge in [0.15, 0.2) is 0 Å². The first-order valence-electron chi connectivity index (χ1n) is 13.0. The molecule has 0 aliphatic carbocycles. The van der Waals surface area contributed by atoms with Gasteiger partial charge in [0.25, 0.3) is 10.0 Å². The van der Waals surface area contributed by atoms with E-state index in [0.717, 1.165) is 26.6 Å². The summed E-state index contributed by atoms with van der Waals surface area (Å²) in [5.74, 6) is -0.795. The van der Waals surface area contributed by atoms with Crippen LogP contribution >= 0.6 is 0 Å². The summed E-state index contributed by atoms with van der Waals surface area (Å²) in [5.41, 5.74) is 3.64. The molecule has 0 unspecified atom stereocenters. The van der Waals surface area contributed by atoms with E-state index in [1.54, 1.807) is 55.5 Å². The minimum absolute atomic E-state index is 0.0882. The van der Waals surface area contributed by atoms with Gasteiger partial charge in [-0.15, -0.1) is 0 Å². The van der Waals surface area contributed by atoms with E-state index in [9.17, 15) is 18.0 Å². The van der Waals surface area contributed by atoms with Gasteiger partial charge in [-0.3, -0.25) is 13.9 Å². The van der Waals surface area contributed by atoms with E-state index in [2.05, 4.69) is 5.32 Å². The van der Waals surface area contributed by atoms with Crippen LogP contribution in [0.5, 0.6) is 0 Å². The molecule has 0 aliphatic rings. The number of aryl methyl sites for hydroxylation is 3. The zero-order chi connectivity index (χ0) is 29.0. The Morgan fingerprint density at radius 3 is 1.95 bits per heavy atom. The molecule has 0 fully saturated rings. The van der Waals surface area contributed by atoms with E-state index in [0.29, 0.717) is 5.69 Å². The second kappa shape index (κ2) is 12.0. The molecule has 8 heteroatoms. The van der Waals surface area contributed by atoms with Crippen LogP contribution in [-0.2, 0) is 26.2 Å². The molecule has 7 nitrogen and oxygen atoms in total. The van der Waals surface area contributed by atoms with E-state index in [-0.39, 0.29) is 17.3 Å². The molecule has 0 saturated carbocycles. The first-order valence-corrected chi connectivity index (χ1v) is 14.4. The second-order valence-corrected chi connectivity index (χ2v) is 12.9. The fraction of sp³-hybridized carbons (Fsp3) is 0.355. The van der Waals surface area contributed by atoms with Crippen LogP contribution in [0.25, 0.3) is 0 Å². The van der Waals surface area contributed by atoms with Crippen LogP contribution in [0, 0.1) is 20.8 Å². The number of carbonyl (C=O) groups excluding carboxylic acids is 2. The fourth-order valence-corrected chi connectivity index (χ4v) is 5.56. The van der Waals surface area contributed by atoms with Gasteiger partial charge in [0.1, 0.15) is 12.6 Å². The molecule has 39 heavy (non-hydrogen) atoms. The van der Waals surface area contributed by atoms with Crippen molar-refractivity contribution in [1.29, 1.82) is 0 Å². The van der Waals surface area contributed by atoms with Crippen LogP contribution in [0.15, 0.2) is 77.7 Å². The first-order chi connectivity index (χ1) is 18.2. The molecule has 0 radical (unpaired) electrons. The molecular weight excluding hydrogens is 510 g/mol. The van der Waals surface area contributed by atoms with E-state index >= 15 is 0 Å². The van der Waals surface area contributed by atoms with Gasteiger partial charge in [-0.1, -0.05) is 65.2 Å². The molecule has 0 saturated heterocycles. The molecule has 0 aliphatic heterocycles. The minimum atomic E-state index is -4.08. The van der Waals surface area contributed by atoms with Gasteiger partial charge >= 0.3 is 0 Å². The highest BCUT2D eigenvalue weighted by atomic mass is 32.2. The highest BCUT2D eigenvalue weighted by Crippen LogP contribution is 2.25. The van der Waals surface area contributed by atoms with Crippen molar-refractivity contribution in [2.75, 3.05) is 10.8 Å². The summed E-state index contributed by atoms with van der Waals surface area (Å²) in [6, 6.07) is 20.4. The smallest absolute Gasteiger partial charge is 0.264 e. The Bertz CT molecular complexity index is 1410. The number of rotatable bonds is 9. The van der Waals surface area contributed by atoms with Gasteiger partial charge < -0.3 is 10.2 Å². The quantitative estimate of drug-likeness (QED) is 0.401. The predicted molar refractivity (Wildman–Crippen MR) is 156 cm³/mol. The lowest BCUT2D eigenvalue weighted by atomic mass is 10.1. The molecule has 2 amide bonds. The minimum Gasteiger partial charge on any atom is -0.350 e. The summed E-state index contributed by atoms with van der Waals surface area (Å²) >= 11 is 0. The molecule has 1 atom stereocenters. The Morgan fingerprint density at radius 2 is 1.41 bits per heavy atom. The van der Waals surface area contributed by atoms with Crippen LogP contribution < -0.4 is 9.62 Å². The summed E-state index contributed by atoms with van der Waals surface area (Å²) < 4.78 is 28.8. The largest absolute Gasteiger partial charge is 0.350 e. The standard InChI is InChI=1S/C31H39N3O4S/c1-22-11-15-27(16-12-22)34(39(37,38)28-17-13-23(2)14-18-28)21-29(35)33(20-26-10-8-9-24(3)19-26)25(4)30(36)32-31(5,6)7/h8-19,25H,20-21H2,1-7H3,(H,32,36)/t25-/m0/s1. The van der Waals surface area contributed by atoms with Gasteiger partial charge in [0.05, 0.1) is 10.6 Å². The maximum atomic E-state index is 14.0. The lowest BCUT2D eigenvalue weighted by Gasteiger charge is -2.33. The summed E-state index contributed by atoms with van der Waals surface area (Å²) in [6.45, 7) is 12.7. The average molecular weight is 550 g/mol. The third-order valence-electron chi connectivity index (χ3n) is 6.31. The van der Waals surface area contributed by atoms with Crippen molar-refractivity contribution in [2.45, 2.75) is 71.5 Å². The van der Waals surface area contributed by atoms with E-state index in [1.807, 2.05) is 65.8 Å². The number of benzene rings is 3. The molecule has 0 aromatic heterocycles. The lowest BCUT2D eigenvalue weighted by molar-refractivity contribution is -0.140. The number of amides is 2. The van der Waals surface area contributed by atoms with Crippen LogP contribution in [-0.4, -0.2) is 43.3 Å². The summed E-state index contributed by atoms with van der Waals surface area (Å²) in [4.78, 5) is 28.7. The summed E-state index contributed by atoms with van der Waals surface area (Å²) in [6.07, 6.45) is 0. The molecule has 3 aromatic carbocycles. The highest BCUT2D eigenvalue weighted by molar-refractivity contribution is 7.92. The maximum absolute atomic E-state index is 14.0. The van der Waals surface area contributed by atoms with Gasteiger partial charge in [-0.05, 0) is 78.3 Å². The summed E-state index contributed by atoms with van der Waals surface area (Å²) in [7, 11) is -4.08. The number of carbonyl (C=O) groups is 2. The Morgan fingerprint density at radius 1 is 0.846 bits per heavy atom. The van der Waals surface area contributed by atoms with Crippen molar-refractivity contribution in [3.63, 3.8) is 0 Å². The van der Waals surface area contributed by atoms with Crippen molar-refractivity contribution in [1.82, 2.24) is 10.2 Å².